The smallest absolute Gasteiger partial charge is 0.163 e. The van der Waals surface area contributed by atoms with Crippen molar-refractivity contribution in [3.63, 3.8) is 0 Å². The molecular weight excluding hydrogens is 252 g/mol. The summed E-state index contributed by atoms with van der Waals surface area (Å²) >= 11 is 0. The summed E-state index contributed by atoms with van der Waals surface area (Å²) in [5.74, 6) is -1.49. The molecule has 2 saturated heterocycles. The fraction of sp³-hybridized carbons (Fsp3) is 1.00. The van der Waals surface area contributed by atoms with E-state index in [0.717, 1.165) is 0 Å². The lowest BCUT2D eigenvalue weighted by molar-refractivity contribution is -0.157. The molecule has 0 saturated carbocycles. The van der Waals surface area contributed by atoms with Crippen molar-refractivity contribution in [1.29, 1.82) is 0 Å². The van der Waals surface area contributed by atoms with Crippen molar-refractivity contribution in [2.24, 2.45) is 0 Å². The van der Waals surface area contributed by atoms with Crippen LogP contribution in [0.5, 0.6) is 0 Å². The van der Waals surface area contributed by atoms with E-state index in [4.69, 9.17) is 19.3 Å². The average molecular weight is 278 g/mol. The molecule has 0 spiro atoms. The average Bonchev–Trinajstić information content (AvgIpc) is 2.84. The molecule has 2 fully saturated rings. The Kier molecular flexibility index (Phi) is 5.73. The molecule has 0 aromatic rings. The molecule has 0 aromatic heterocycles. The van der Waals surface area contributed by atoms with Gasteiger partial charge in [-0.15, -0.1) is 0 Å². The van der Waals surface area contributed by atoms with Gasteiger partial charge in [-0.2, -0.15) is 0 Å². The van der Waals surface area contributed by atoms with Gasteiger partial charge in [0.2, 0.25) is 0 Å². The topological polar surface area (TPSA) is 77.4 Å². The van der Waals surface area contributed by atoms with E-state index in [-0.39, 0.29) is 12.2 Å². The minimum absolute atomic E-state index is 0.118. The Morgan fingerprint density at radius 1 is 1.32 bits per heavy atom. The summed E-state index contributed by atoms with van der Waals surface area (Å²) in [5, 5.41) is 18.2. The summed E-state index contributed by atoms with van der Waals surface area (Å²) in [6.45, 7) is 8.02. The van der Waals surface area contributed by atoms with Crippen LogP contribution in [-0.2, 0) is 18.9 Å². The maximum absolute atomic E-state index is 9.56. The second-order valence-corrected chi connectivity index (χ2v) is 5.71. The molecule has 0 radical (unpaired) electrons. The largest absolute Gasteiger partial charge is 0.390 e. The minimum Gasteiger partial charge on any atom is -0.390 e. The zero-order valence-corrected chi connectivity index (χ0v) is 12.4. The molecule has 0 aliphatic carbocycles. The van der Waals surface area contributed by atoms with Gasteiger partial charge in [-0.1, -0.05) is 0 Å². The van der Waals surface area contributed by atoms with Crippen LogP contribution in [0.1, 0.15) is 34.1 Å². The van der Waals surface area contributed by atoms with Crippen LogP contribution in [0.4, 0.5) is 0 Å². The highest BCUT2D eigenvalue weighted by Crippen LogP contribution is 2.29. The quantitative estimate of drug-likeness (QED) is 0.722. The molecule has 2 heterocycles. The Morgan fingerprint density at radius 2 is 1.89 bits per heavy atom. The van der Waals surface area contributed by atoms with Crippen molar-refractivity contribution in [1.82, 2.24) is 0 Å². The maximum Gasteiger partial charge on any atom is 0.163 e. The molecule has 114 valence electrons. The summed E-state index contributed by atoms with van der Waals surface area (Å²) in [4.78, 5) is 0. The Labute approximate surface area is 114 Å². The maximum atomic E-state index is 9.56. The van der Waals surface area contributed by atoms with E-state index in [9.17, 15) is 5.11 Å². The second kappa shape index (κ2) is 6.47. The third kappa shape index (κ3) is 5.72. The van der Waals surface area contributed by atoms with Gasteiger partial charge in [0.1, 0.15) is 12.2 Å². The predicted octanol–water partition coefficient (Wildman–Crippen LogP) is 0.649. The molecule has 2 N–H and O–H groups in total. The van der Waals surface area contributed by atoms with Gasteiger partial charge in [0.25, 0.3) is 0 Å². The molecule has 6 nitrogen and oxygen atoms in total. The summed E-state index contributed by atoms with van der Waals surface area (Å²) in [5.41, 5.74) is 0. The number of aliphatic hydroxyl groups is 2. The number of rotatable bonds is 2. The van der Waals surface area contributed by atoms with E-state index in [1.807, 2.05) is 13.8 Å². The Bertz CT molecular complexity index is 273. The van der Waals surface area contributed by atoms with E-state index in [1.54, 1.807) is 13.8 Å². The van der Waals surface area contributed by atoms with E-state index in [0.29, 0.717) is 19.6 Å². The number of hydrogen-bond acceptors (Lipinski definition) is 6. The highest BCUT2D eigenvalue weighted by Gasteiger charge is 2.42. The minimum atomic E-state index is -0.958. The fourth-order valence-electron chi connectivity index (χ4n) is 1.83. The lowest BCUT2D eigenvalue weighted by atomic mass is 10.1. The lowest BCUT2D eigenvalue weighted by Gasteiger charge is -2.22. The van der Waals surface area contributed by atoms with Crippen LogP contribution >= 0.6 is 0 Å². The first-order valence-electron chi connectivity index (χ1n) is 6.53. The van der Waals surface area contributed by atoms with Gasteiger partial charge in [-0.05, 0) is 34.1 Å². The third-order valence-corrected chi connectivity index (χ3v) is 3.00. The van der Waals surface area contributed by atoms with Crippen molar-refractivity contribution in [2.45, 2.75) is 64.0 Å². The molecule has 2 rings (SSSR count). The zero-order valence-electron chi connectivity index (χ0n) is 12.4. The lowest BCUT2D eigenvalue weighted by Crippen LogP contribution is -2.37. The highest BCUT2D eigenvalue weighted by molar-refractivity contribution is 4.86. The SMILES string of the molecule is CC1(C)OCC(C2OCCC2O)O1.COC(C)(C)O. The van der Waals surface area contributed by atoms with Crippen molar-refractivity contribution in [3.05, 3.63) is 0 Å². The van der Waals surface area contributed by atoms with Gasteiger partial charge in [0, 0.05) is 13.7 Å². The molecule has 0 amide bonds. The van der Waals surface area contributed by atoms with Crippen molar-refractivity contribution in [3.8, 4) is 0 Å². The zero-order chi connectivity index (χ0) is 14.7. The summed E-state index contributed by atoms with van der Waals surface area (Å²) in [7, 11) is 1.46. The first-order chi connectivity index (χ1) is 8.64. The fourth-order valence-corrected chi connectivity index (χ4v) is 1.83. The number of hydrogen-bond donors (Lipinski definition) is 2. The second-order valence-electron chi connectivity index (χ2n) is 5.71. The number of ether oxygens (including phenoxy) is 4. The number of methoxy groups -OCH3 is 1. The molecule has 0 bridgehead atoms. The van der Waals surface area contributed by atoms with Crippen LogP contribution < -0.4 is 0 Å². The van der Waals surface area contributed by atoms with Gasteiger partial charge in [0.15, 0.2) is 11.6 Å². The van der Waals surface area contributed by atoms with Crippen molar-refractivity contribution < 1.29 is 29.2 Å². The Hall–Kier alpha value is -0.240. The molecule has 3 unspecified atom stereocenters. The normalized spacial score (nSPS) is 33.9. The predicted molar refractivity (Wildman–Crippen MR) is 68.6 cm³/mol. The molecule has 2 aliphatic rings. The Balaban J connectivity index is 0.000000258. The van der Waals surface area contributed by atoms with Gasteiger partial charge in [-0.3, -0.25) is 0 Å². The third-order valence-electron chi connectivity index (χ3n) is 3.00. The van der Waals surface area contributed by atoms with Gasteiger partial charge < -0.3 is 29.2 Å². The van der Waals surface area contributed by atoms with Gasteiger partial charge >= 0.3 is 0 Å². The van der Waals surface area contributed by atoms with Crippen LogP contribution in [0.2, 0.25) is 0 Å². The van der Waals surface area contributed by atoms with Crippen molar-refractivity contribution in [2.75, 3.05) is 20.3 Å². The summed E-state index contributed by atoms with van der Waals surface area (Å²) in [6, 6.07) is 0. The van der Waals surface area contributed by atoms with E-state index in [1.165, 1.54) is 7.11 Å². The van der Waals surface area contributed by atoms with Crippen LogP contribution in [0.15, 0.2) is 0 Å². The Morgan fingerprint density at radius 3 is 2.21 bits per heavy atom. The van der Waals surface area contributed by atoms with Crippen LogP contribution in [0.25, 0.3) is 0 Å². The summed E-state index contributed by atoms with van der Waals surface area (Å²) in [6.07, 6.45) is -0.0258. The molecular formula is C13H26O6. The molecule has 0 aromatic carbocycles. The van der Waals surface area contributed by atoms with E-state index < -0.39 is 17.7 Å². The molecule has 2 aliphatic heterocycles. The summed E-state index contributed by atoms with van der Waals surface area (Å²) < 4.78 is 20.9. The van der Waals surface area contributed by atoms with Gasteiger partial charge in [-0.25, -0.2) is 0 Å². The van der Waals surface area contributed by atoms with Crippen LogP contribution in [0, 0.1) is 0 Å². The molecule has 3 atom stereocenters. The monoisotopic (exact) mass is 278 g/mol. The number of aliphatic hydroxyl groups excluding tert-OH is 1. The standard InChI is InChI=1S/C9H16O4.C4H10O2/c1-9(2)12-5-7(13-9)8-6(10)3-4-11-8;1-4(2,5)6-3/h6-8,10H,3-5H2,1-2H3;5H,1-3H3. The molecule has 6 heteroatoms. The van der Waals surface area contributed by atoms with Crippen LogP contribution in [-0.4, -0.2) is 60.4 Å². The highest BCUT2D eigenvalue weighted by atomic mass is 16.8. The first-order valence-corrected chi connectivity index (χ1v) is 6.53. The van der Waals surface area contributed by atoms with Crippen LogP contribution in [0.3, 0.4) is 0 Å². The van der Waals surface area contributed by atoms with E-state index in [2.05, 4.69) is 4.74 Å². The van der Waals surface area contributed by atoms with Gasteiger partial charge in [0.05, 0.1) is 12.7 Å². The molecule has 19 heavy (non-hydrogen) atoms. The van der Waals surface area contributed by atoms with E-state index >= 15 is 0 Å². The first kappa shape index (κ1) is 16.8. The van der Waals surface area contributed by atoms with Crippen molar-refractivity contribution >= 4 is 0 Å².